The van der Waals surface area contributed by atoms with Gasteiger partial charge in [0.15, 0.2) is 5.13 Å². The van der Waals surface area contributed by atoms with Crippen LogP contribution in [0.2, 0.25) is 10.0 Å². The van der Waals surface area contributed by atoms with Crippen LogP contribution in [0.15, 0.2) is 23.6 Å². The van der Waals surface area contributed by atoms with Crippen molar-refractivity contribution in [3.63, 3.8) is 0 Å². The number of aliphatic carboxylic acids is 1. The first-order chi connectivity index (χ1) is 8.54. The Labute approximate surface area is 117 Å². The maximum Gasteiger partial charge on any atom is 0.309 e. The van der Waals surface area contributed by atoms with E-state index in [4.69, 9.17) is 28.3 Å². The lowest BCUT2D eigenvalue weighted by molar-refractivity contribution is -0.136. The molecule has 18 heavy (non-hydrogen) atoms. The zero-order valence-corrected chi connectivity index (χ0v) is 11.3. The first-order valence-electron chi connectivity index (χ1n) is 4.93. The van der Waals surface area contributed by atoms with Crippen molar-refractivity contribution in [3.8, 4) is 0 Å². The molecule has 0 amide bonds. The summed E-state index contributed by atoms with van der Waals surface area (Å²) in [7, 11) is 0. The zero-order valence-electron chi connectivity index (χ0n) is 8.98. The van der Waals surface area contributed by atoms with Gasteiger partial charge in [-0.2, -0.15) is 0 Å². The maximum atomic E-state index is 10.5. The van der Waals surface area contributed by atoms with E-state index in [-0.39, 0.29) is 6.42 Å². The van der Waals surface area contributed by atoms with Crippen molar-refractivity contribution < 1.29 is 9.90 Å². The molecule has 0 aliphatic rings. The van der Waals surface area contributed by atoms with Gasteiger partial charge in [-0.05, 0) is 18.2 Å². The standard InChI is InChI=1S/C11H8Cl2N2O2S/c12-6-1-2-8(13)9(3-6)15-11-14-7(5-18-11)4-10(16)17/h1-3,5H,4H2,(H,14,15)(H,16,17). The van der Waals surface area contributed by atoms with Crippen molar-refractivity contribution >= 4 is 51.3 Å². The van der Waals surface area contributed by atoms with E-state index in [0.717, 1.165) is 0 Å². The quantitative estimate of drug-likeness (QED) is 0.901. The Morgan fingerprint density at radius 2 is 2.22 bits per heavy atom. The minimum absolute atomic E-state index is 0.0958. The Bertz CT molecular complexity index is 586. The van der Waals surface area contributed by atoms with Crippen molar-refractivity contribution in [3.05, 3.63) is 39.3 Å². The summed E-state index contributed by atoms with van der Waals surface area (Å²) in [6.45, 7) is 0. The van der Waals surface area contributed by atoms with Gasteiger partial charge < -0.3 is 10.4 Å². The van der Waals surface area contributed by atoms with Gasteiger partial charge >= 0.3 is 5.97 Å². The smallest absolute Gasteiger partial charge is 0.309 e. The van der Waals surface area contributed by atoms with Crippen LogP contribution in [0.5, 0.6) is 0 Å². The zero-order chi connectivity index (χ0) is 13.1. The third kappa shape index (κ3) is 3.35. The van der Waals surface area contributed by atoms with Crippen LogP contribution in [0.3, 0.4) is 0 Å². The van der Waals surface area contributed by atoms with Crippen LogP contribution < -0.4 is 5.32 Å². The molecule has 4 nitrogen and oxygen atoms in total. The van der Waals surface area contributed by atoms with E-state index in [2.05, 4.69) is 10.3 Å². The Morgan fingerprint density at radius 3 is 2.94 bits per heavy atom. The Hall–Kier alpha value is -1.30. The first-order valence-corrected chi connectivity index (χ1v) is 6.56. The number of halogens is 2. The summed E-state index contributed by atoms with van der Waals surface area (Å²) in [4.78, 5) is 14.7. The van der Waals surface area contributed by atoms with Crippen molar-refractivity contribution in [1.82, 2.24) is 4.98 Å². The molecular formula is C11H8Cl2N2O2S. The molecule has 0 radical (unpaired) electrons. The summed E-state index contributed by atoms with van der Waals surface area (Å²) < 4.78 is 0. The number of carboxylic acids is 1. The van der Waals surface area contributed by atoms with E-state index in [9.17, 15) is 4.79 Å². The summed E-state index contributed by atoms with van der Waals surface area (Å²) in [5.74, 6) is -0.910. The molecule has 0 aliphatic heterocycles. The average molecular weight is 303 g/mol. The fourth-order valence-corrected chi connectivity index (χ4v) is 2.37. The molecule has 0 unspecified atom stereocenters. The van der Waals surface area contributed by atoms with Crippen LogP contribution in [-0.4, -0.2) is 16.1 Å². The second-order valence-electron chi connectivity index (χ2n) is 3.46. The number of hydrogen-bond donors (Lipinski definition) is 2. The van der Waals surface area contributed by atoms with Crippen LogP contribution >= 0.6 is 34.5 Å². The van der Waals surface area contributed by atoms with Gasteiger partial charge in [0.05, 0.1) is 22.8 Å². The van der Waals surface area contributed by atoms with Crippen LogP contribution in [0, 0.1) is 0 Å². The normalized spacial score (nSPS) is 10.3. The number of carbonyl (C=O) groups is 1. The molecule has 2 rings (SSSR count). The summed E-state index contributed by atoms with van der Waals surface area (Å²) in [5, 5.41) is 15.0. The molecule has 1 heterocycles. The predicted octanol–water partition coefficient (Wildman–Crippen LogP) is 3.82. The van der Waals surface area contributed by atoms with E-state index in [1.807, 2.05) is 0 Å². The van der Waals surface area contributed by atoms with Gasteiger partial charge in [0.25, 0.3) is 0 Å². The summed E-state index contributed by atoms with van der Waals surface area (Å²) in [6.07, 6.45) is -0.0958. The fraction of sp³-hybridized carbons (Fsp3) is 0.0909. The molecule has 2 N–H and O–H groups in total. The van der Waals surface area contributed by atoms with Crippen LogP contribution in [-0.2, 0) is 11.2 Å². The van der Waals surface area contributed by atoms with Crippen molar-refractivity contribution in [2.45, 2.75) is 6.42 Å². The molecule has 94 valence electrons. The summed E-state index contributed by atoms with van der Waals surface area (Å²) in [6, 6.07) is 5.05. The van der Waals surface area contributed by atoms with Gasteiger partial charge in [-0.1, -0.05) is 23.2 Å². The number of carboxylic acid groups (broad SMARTS) is 1. The molecule has 0 spiro atoms. The average Bonchev–Trinajstić information content (AvgIpc) is 2.70. The lowest BCUT2D eigenvalue weighted by atomic mass is 10.3. The van der Waals surface area contributed by atoms with Gasteiger partial charge in [0.1, 0.15) is 0 Å². The number of aromatic nitrogens is 1. The van der Waals surface area contributed by atoms with Crippen molar-refractivity contribution in [2.75, 3.05) is 5.32 Å². The summed E-state index contributed by atoms with van der Waals surface area (Å²) in [5.41, 5.74) is 1.15. The number of benzene rings is 1. The minimum Gasteiger partial charge on any atom is -0.481 e. The van der Waals surface area contributed by atoms with Crippen molar-refractivity contribution in [2.24, 2.45) is 0 Å². The summed E-state index contributed by atoms with van der Waals surface area (Å²) >= 11 is 13.2. The minimum atomic E-state index is -0.910. The number of hydrogen-bond acceptors (Lipinski definition) is 4. The third-order valence-electron chi connectivity index (χ3n) is 2.05. The first kappa shape index (κ1) is 13.1. The van der Waals surface area contributed by atoms with E-state index >= 15 is 0 Å². The molecule has 0 saturated carbocycles. The lowest BCUT2D eigenvalue weighted by Gasteiger charge is -2.05. The maximum absolute atomic E-state index is 10.5. The van der Waals surface area contributed by atoms with Gasteiger partial charge in [-0.15, -0.1) is 11.3 Å². The van der Waals surface area contributed by atoms with Gasteiger partial charge in [-0.25, -0.2) is 4.98 Å². The Balaban J connectivity index is 2.16. The molecule has 0 atom stereocenters. The molecule has 1 aromatic carbocycles. The molecular weight excluding hydrogens is 295 g/mol. The second kappa shape index (κ2) is 5.56. The second-order valence-corrected chi connectivity index (χ2v) is 5.17. The third-order valence-corrected chi connectivity index (χ3v) is 3.43. The lowest BCUT2D eigenvalue weighted by Crippen LogP contribution is -2.00. The van der Waals surface area contributed by atoms with Crippen molar-refractivity contribution in [1.29, 1.82) is 0 Å². The van der Waals surface area contributed by atoms with Crippen LogP contribution in [0.1, 0.15) is 5.69 Å². The SMILES string of the molecule is O=C(O)Cc1csc(Nc2cc(Cl)ccc2Cl)n1. The number of thiazole rings is 1. The molecule has 0 bridgehead atoms. The molecule has 0 saturated heterocycles. The van der Waals surface area contributed by atoms with Crippen LogP contribution in [0.25, 0.3) is 0 Å². The van der Waals surface area contributed by atoms with Gasteiger partial charge in [0.2, 0.25) is 0 Å². The highest BCUT2D eigenvalue weighted by Crippen LogP contribution is 2.29. The Morgan fingerprint density at radius 1 is 1.44 bits per heavy atom. The van der Waals surface area contributed by atoms with E-state index < -0.39 is 5.97 Å². The fourth-order valence-electron chi connectivity index (χ4n) is 1.31. The topological polar surface area (TPSA) is 62.2 Å². The van der Waals surface area contributed by atoms with Crippen LogP contribution in [0.4, 0.5) is 10.8 Å². The molecule has 1 aromatic heterocycles. The van der Waals surface area contributed by atoms with E-state index in [1.54, 1.807) is 23.6 Å². The van der Waals surface area contributed by atoms with Gasteiger partial charge in [0, 0.05) is 10.4 Å². The monoisotopic (exact) mass is 302 g/mol. The highest BCUT2D eigenvalue weighted by Gasteiger charge is 2.08. The highest BCUT2D eigenvalue weighted by atomic mass is 35.5. The number of rotatable bonds is 4. The number of nitrogens with zero attached hydrogens (tertiary/aromatic N) is 1. The van der Waals surface area contributed by atoms with E-state index in [0.29, 0.717) is 26.6 Å². The molecule has 0 aliphatic carbocycles. The predicted molar refractivity (Wildman–Crippen MR) is 73.2 cm³/mol. The largest absolute Gasteiger partial charge is 0.481 e. The van der Waals surface area contributed by atoms with E-state index in [1.165, 1.54) is 11.3 Å². The molecule has 7 heteroatoms. The molecule has 2 aromatic rings. The number of anilines is 2. The van der Waals surface area contributed by atoms with Gasteiger partial charge in [-0.3, -0.25) is 4.79 Å². The highest BCUT2D eigenvalue weighted by molar-refractivity contribution is 7.13. The number of nitrogens with one attached hydrogen (secondary N) is 1. The Kier molecular flexibility index (Phi) is 4.06. The molecule has 0 fully saturated rings.